The molecule has 0 bridgehead atoms. The number of rotatable bonds is 6. The van der Waals surface area contributed by atoms with Gasteiger partial charge in [0, 0.05) is 6.07 Å². The van der Waals surface area contributed by atoms with E-state index in [0.717, 1.165) is 0 Å². The molecule has 0 saturated carbocycles. The Kier molecular flexibility index (Phi) is 6.42. The van der Waals surface area contributed by atoms with E-state index in [1.165, 1.54) is 18.6 Å². The fraction of sp³-hybridized carbons (Fsp3) is 0.611. The maximum atomic E-state index is 12.7. The number of carbonyl (C=O) groups is 3. The van der Waals surface area contributed by atoms with Gasteiger partial charge in [-0.2, -0.15) is 0 Å². The lowest BCUT2D eigenvalue weighted by atomic mass is 9.87. The van der Waals surface area contributed by atoms with Crippen molar-refractivity contribution < 1.29 is 28.3 Å². The molecule has 2 heterocycles. The lowest BCUT2D eigenvalue weighted by Gasteiger charge is -2.27. The van der Waals surface area contributed by atoms with Crippen LogP contribution in [0.25, 0.3) is 0 Å². The molecule has 3 atom stereocenters. The van der Waals surface area contributed by atoms with Crippen molar-refractivity contribution in [2.75, 3.05) is 6.61 Å². The van der Waals surface area contributed by atoms with E-state index < -0.39 is 24.1 Å². The predicted octanol–water partition coefficient (Wildman–Crippen LogP) is 2.04. The maximum absolute atomic E-state index is 12.7. The van der Waals surface area contributed by atoms with Crippen LogP contribution in [0.4, 0.5) is 4.79 Å². The molecule has 1 aromatic rings. The number of carbonyl (C=O) groups excluding carboxylic acids is 3. The van der Waals surface area contributed by atoms with E-state index in [2.05, 4.69) is 10.6 Å². The van der Waals surface area contributed by atoms with Crippen molar-refractivity contribution in [3.8, 4) is 5.75 Å². The van der Waals surface area contributed by atoms with Gasteiger partial charge in [0.15, 0.2) is 11.5 Å². The topological polar surface area (TPSA) is 107 Å². The van der Waals surface area contributed by atoms with E-state index in [9.17, 15) is 14.4 Å². The minimum absolute atomic E-state index is 0.0106. The van der Waals surface area contributed by atoms with Gasteiger partial charge >= 0.3 is 6.09 Å². The smallest absolute Gasteiger partial charge is 0.413 e. The van der Waals surface area contributed by atoms with Gasteiger partial charge in [-0.05, 0) is 18.3 Å². The number of Topliss-reactive ketones (excluding diaryl/α,β-unsaturated/α-hetero) is 1. The second-order valence-corrected chi connectivity index (χ2v) is 7.52. The Morgan fingerprint density at radius 1 is 1.38 bits per heavy atom. The Bertz CT molecular complexity index is 635. The molecule has 1 aliphatic heterocycles. The zero-order valence-electron chi connectivity index (χ0n) is 15.5. The molecule has 0 aromatic carbocycles. The molecule has 2 N–H and O–H groups in total. The van der Waals surface area contributed by atoms with Gasteiger partial charge in [0.1, 0.15) is 25.0 Å². The first-order valence-corrected chi connectivity index (χ1v) is 8.65. The largest absolute Gasteiger partial charge is 0.469 e. The SMILES string of the molecule is CCC1OCC(=O)C1NC(=O)[C@H](CC(C)(C)C)NC(=O)Oc1ccoc1. The summed E-state index contributed by atoms with van der Waals surface area (Å²) in [7, 11) is 0. The number of hydrogen-bond donors (Lipinski definition) is 2. The van der Waals surface area contributed by atoms with Crippen LogP contribution in [0.3, 0.4) is 0 Å². The van der Waals surface area contributed by atoms with Crippen LogP contribution in [-0.2, 0) is 14.3 Å². The first-order chi connectivity index (χ1) is 12.2. The zero-order chi connectivity index (χ0) is 19.3. The first-order valence-electron chi connectivity index (χ1n) is 8.65. The van der Waals surface area contributed by atoms with Crippen LogP contribution in [0, 0.1) is 5.41 Å². The van der Waals surface area contributed by atoms with Crippen LogP contribution < -0.4 is 15.4 Å². The summed E-state index contributed by atoms with van der Waals surface area (Å²) in [4.78, 5) is 36.8. The van der Waals surface area contributed by atoms with Crippen LogP contribution in [0.1, 0.15) is 40.5 Å². The molecule has 2 amide bonds. The molecule has 8 nitrogen and oxygen atoms in total. The molecule has 1 saturated heterocycles. The van der Waals surface area contributed by atoms with Crippen LogP contribution >= 0.6 is 0 Å². The third kappa shape index (κ3) is 5.59. The monoisotopic (exact) mass is 366 g/mol. The average Bonchev–Trinajstić information content (AvgIpc) is 3.16. The quantitative estimate of drug-likeness (QED) is 0.798. The highest BCUT2D eigenvalue weighted by Crippen LogP contribution is 2.22. The highest BCUT2D eigenvalue weighted by Gasteiger charge is 2.38. The van der Waals surface area contributed by atoms with Gasteiger partial charge in [-0.3, -0.25) is 9.59 Å². The van der Waals surface area contributed by atoms with Gasteiger partial charge < -0.3 is 24.5 Å². The van der Waals surface area contributed by atoms with Crippen LogP contribution in [-0.4, -0.2) is 42.6 Å². The van der Waals surface area contributed by atoms with E-state index in [1.807, 2.05) is 27.7 Å². The Hall–Kier alpha value is -2.35. The van der Waals surface area contributed by atoms with Crippen LogP contribution in [0.5, 0.6) is 5.75 Å². The second-order valence-electron chi connectivity index (χ2n) is 7.52. The number of amides is 2. The lowest BCUT2D eigenvalue weighted by molar-refractivity contribution is -0.128. The molecule has 144 valence electrons. The van der Waals surface area contributed by atoms with Gasteiger partial charge in [-0.1, -0.05) is 27.7 Å². The summed E-state index contributed by atoms with van der Waals surface area (Å²) in [5, 5.41) is 5.28. The Labute approximate surface area is 152 Å². The molecule has 2 unspecified atom stereocenters. The van der Waals surface area contributed by atoms with Crippen molar-refractivity contribution in [2.24, 2.45) is 5.41 Å². The van der Waals surface area contributed by atoms with Gasteiger partial charge in [0.05, 0.1) is 12.4 Å². The minimum atomic E-state index is -0.847. The van der Waals surface area contributed by atoms with Crippen molar-refractivity contribution >= 4 is 17.8 Å². The summed E-state index contributed by atoms with van der Waals surface area (Å²) in [5.74, 6) is -0.366. The molecule has 1 aromatic heterocycles. The van der Waals surface area contributed by atoms with E-state index in [4.69, 9.17) is 13.9 Å². The summed E-state index contributed by atoms with van der Waals surface area (Å²) in [6.45, 7) is 7.73. The van der Waals surface area contributed by atoms with E-state index in [0.29, 0.717) is 12.8 Å². The van der Waals surface area contributed by atoms with E-state index >= 15 is 0 Å². The molecule has 26 heavy (non-hydrogen) atoms. The lowest BCUT2D eigenvalue weighted by Crippen LogP contribution is -2.54. The van der Waals surface area contributed by atoms with Crippen molar-refractivity contribution in [2.45, 2.75) is 58.7 Å². The summed E-state index contributed by atoms with van der Waals surface area (Å²) >= 11 is 0. The first kappa shape index (κ1) is 20.0. The van der Waals surface area contributed by atoms with Gasteiger partial charge in [0.2, 0.25) is 5.91 Å². The molecule has 0 radical (unpaired) electrons. The maximum Gasteiger partial charge on any atom is 0.413 e. The van der Waals surface area contributed by atoms with Gasteiger partial charge in [-0.25, -0.2) is 4.79 Å². The van der Waals surface area contributed by atoms with E-state index in [-0.39, 0.29) is 29.7 Å². The van der Waals surface area contributed by atoms with Crippen molar-refractivity contribution in [1.29, 1.82) is 0 Å². The highest BCUT2D eigenvalue weighted by molar-refractivity contribution is 5.94. The third-order valence-electron chi connectivity index (χ3n) is 3.99. The van der Waals surface area contributed by atoms with Crippen molar-refractivity contribution in [3.63, 3.8) is 0 Å². The number of ether oxygens (including phenoxy) is 2. The second kappa shape index (κ2) is 8.35. The summed E-state index contributed by atoms with van der Waals surface area (Å²) in [5.41, 5.74) is -0.231. The molecule has 0 aliphatic carbocycles. The zero-order valence-corrected chi connectivity index (χ0v) is 15.5. The summed E-state index contributed by atoms with van der Waals surface area (Å²) in [6.07, 6.45) is 2.52. The molecule has 2 rings (SSSR count). The Morgan fingerprint density at radius 2 is 2.12 bits per heavy atom. The fourth-order valence-electron chi connectivity index (χ4n) is 2.77. The van der Waals surface area contributed by atoms with Crippen molar-refractivity contribution in [1.82, 2.24) is 10.6 Å². The molecular formula is C18H26N2O6. The Balaban J connectivity index is 2.04. The minimum Gasteiger partial charge on any atom is -0.469 e. The van der Waals surface area contributed by atoms with Gasteiger partial charge in [-0.15, -0.1) is 0 Å². The highest BCUT2D eigenvalue weighted by atomic mass is 16.6. The summed E-state index contributed by atoms with van der Waals surface area (Å²) < 4.78 is 15.3. The molecule has 8 heteroatoms. The number of furan rings is 1. The number of nitrogens with one attached hydrogen (secondary N) is 2. The predicted molar refractivity (Wildman–Crippen MR) is 92.7 cm³/mol. The molecule has 0 spiro atoms. The van der Waals surface area contributed by atoms with E-state index in [1.54, 1.807) is 0 Å². The third-order valence-corrected chi connectivity index (χ3v) is 3.99. The molecule has 1 fully saturated rings. The normalized spacial score (nSPS) is 21.3. The van der Waals surface area contributed by atoms with Gasteiger partial charge in [0.25, 0.3) is 0 Å². The van der Waals surface area contributed by atoms with Crippen LogP contribution in [0.2, 0.25) is 0 Å². The average molecular weight is 366 g/mol. The Morgan fingerprint density at radius 3 is 2.69 bits per heavy atom. The summed E-state index contributed by atoms with van der Waals surface area (Å²) in [6, 6.07) is -0.0549. The molecular weight excluding hydrogens is 340 g/mol. The molecule has 1 aliphatic rings. The van der Waals surface area contributed by atoms with Crippen LogP contribution in [0.15, 0.2) is 23.0 Å². The number of hydrogen-bond acceptors (Lipinski definition) is 6. The standard InChI is InChI=1S/C18H26N2O6/c1-5-14-15(13(21)10-25-14)20-16(22)12(8-18(2,3)4)19-17(23)26-11-6-7-24-9-11/h6-7,9,12,14-15H,5,8,10H2,1-4H3,(H,19,23)(H,20,22)/t12-,14?,15?/m0/s1. The fourth-order valence-corrected chi connectivity index (χ4v) is 2.77. The number of ketones is 1. The van der Waals surface area contributed by atoms with Crippen molar-refractivity contribution in [3.05, 3.63) is 18.6 Å².